The number of hydrogen-bond donors (Lipinski definition) is 0. The minimum atomic E-state index is -0.805. The van der Waals surface area contributed by atoms with Crippen LogP contribution in [0, 0.1) is 0 Å². The Morgan fingerprint density at radius 3 is 1.00 bits per heavy atom. The summed E-state index contributed by atoms with van der Waals surface area (Å²) >= 11 is 0. The number of esters is 3. The van der Waals surface area contributed by atoms with Crippen molar-refractivity contribution in [2.24, 2.45) is 0 Å². The molecular formula is C61H108O6. The van der Waals surface area contributed by atoms with Crippen LogP contribution in [0.5, 0.6) is 0 Å². The molecule has 0 aliphatic carbocycles. The largest absolute Gasteiger partial charge is 0.462 e. The first-order chi connectivity index (χ1) is 33.0. The monoisotopic (exact) mass is 937 g/mol. The van der Waals surface area contributed by atoms with E-state index >= 15 is 0 Å². The van der Waals surface area contributed by atoms with Gasteiger partial charge < -0.3 is 14.2 Å². The molecule has 0 rings (SSSR count). The number of rotatable bonds is 52. The molecule has 0 aliphatic rings. The molecule has 0 aromatic rings. The van der Waals surface area contributed by atoms with Gasteiger partial charge in [-0.25, -0.2) is 0 Å². The minimum absolute atomic E-state index is 0.0969. The summed E-state index contributed by atoms with van der Waals surface area (Å²) in [5.74, 6) is -0.980. The molecule has 0 spiro atoms. The molecule has 0 saturated carbocycles. The lowest BCUT2D eigenvalue weighted by Crippen LogP contribution is -2.30. The van der Waals surface area contributed by atoms with Gasteiger partial charge in [0.15, 0.2) is 6.10 Å². The highest BCUT2D eigenvalue weighted by atomic mass is 16.6. The molecule has 1 atom stereocenters. The first-order valence-electron chi connectivity index (χ1n) is 28.8. The average molecular weight is 938 g/mol. The van der Waals surface area contributed by atoms with Gasteiger partial charge in [0.2, 0.25) is 0 Å². The third-order valence-electron chi connectivity index (χ3n) is 12.5. The Balaban J connectivity index is 4.33. The highest BCUT2D eigenvalue weighted by Gasteiger charge is 2.19. The Hall–Kier alpha value is -2.89. The van der Waals surface area contributed by atoms with E-state index in [0.29, 0.717) is 19.3 Å². The Kier molecular flexibility index (Phi) is 53.3. The van der Waals surface area contributed by atoms with Gasteiger partial charge in [-0.05, 0) is 70.6 Å². The fourth-order valence-electron chi connectivity index (χ4n) is 8.22. The Morgan fingerprint density at radius 2 is 0.612 bits per heavy atom. The maximum Gasteiger partial charge on any atom is 0.306 e. The molecule has 0 heterocycles. The van der Waals surface area contributed by atoms with Gasteiger partial charge in [-0.3, -0.25) is 14.4 Å². The zero-order chi connectivity index (χ0) is 48.6. The second-order valence-corrected chi connectivity index (χ2v) is 19.2. The molecule has 0 bridgehead atoms. The van der Waals surface area contributed by atoms with Crippen molar-refractivity contribution in [1.29, 1.82) is 0 Å². The number of carbonyl (C=O) groups is 3. The first-order valence-corrected chi connectivity index (χ1v) is 28.8. The molecule has 0 aromatic carbocycles. The average Bonchev–Trinajstić information content (AvgIpc) is 3.33. The summed E-state index contributed by atoms with van der Waals surface area (Å²) in [5.41, 5.74) is 0. The summed E-state index contributed by atoms with van der Waals surface area (Å²) in [6.45, 7) is 6.47. The number of unbranched alkanes of at least 4 members (excludes halogenated alkanes) is 31. The summed E-state index contributed by atoms with van der Waals surface area (Å²) in [5, 5.41) is 0. The van der Waals surface area contributed by atoms with Gasteiger partial charge in [-0.2, -0.15) is 0 Å². The molecule has 6 heteroatoms. The number of allylic oxidation sites excluding steroid dienone is 10. The molecule has 0 amide bonds. The van der Waals surface area contributed by atoms with Crippen LogP contribution in [0.2, 0.25) is 0 Å². The van der Waals surface area contributed by atoms with Crippen molar-refractivity contribution >= 4 is 17.9 Å². The van der Waals surface area contributed by atoms with E-state index in [1.165, 1.54) is 167 Å². The number of hydrogen-bond acceptors (Lipinski definition) is 6. The SMILES string of the molecule is CC/C=C\C/C=C\C/C=C\C/C=C\CCC(=O)OCC(COC(=O)CCCCCCCCCCCCCCCCCCCCCCCC)OC(=O)CCCCCCC/C=C\CCCCCCC. The lowest BCUT2D eigenvalue weighted by atomic mass is 10.0. The van der Waals surface area contributed by atoms with Crippen molar-refractivity contribution in [3.63, 3.8) is 0 Å². The summed E-state index contributed by atoms with van der Waals surface area (Å²) in [7, 11) is 0. The van der Waals surface area contributed by atoms with Crippen LogP contribution in [-0.2, 0) is 28.6 Å². The standard InChI is InChI=1S/C61H108O6/c1-4-7-10-13-16-19-22-25-27-28-29-30-31-32-33-34-37-39-42-45-48-51-54-60(63)66-57-58(56-65-59(62)53-50-47-44-41-38-35-24-21-18-15-12-9-6-3)67-61(64)55-52-49-46-43-40-36-26-23-20-17-14-11-8-5-2/h9,12,18,21,23,26,35,38,44,47,58H,4-8,10-11,13-17,19-20,22,24-25,27-34,36-37,39-43,45-46,48-57H2,1-3H3/b12-9-,21-18-,26-23-,38-35-,47-44-. The van der Waals surface area contributed by atoms with Crippen molar-refractivity contribution in [1.82, 2.24) is 0 Å². The third-order valence-corrected chi connectivity index (χ3v) is 12.5. The van der Waals surface area contributed by atoms with E-state index < -0.39 is 6.10 Å². The minimum Gasteiger partial charge on any atom is -0.462 e. The van der Waals surface area contributed by atoms with E-state index in [1.807, 2.05) is 6.08 Å². The molecule has 0 aromatic heterocycles. The third kappa shape index (κ3) is 53.9. The van der Waals surface area contributed by atoms with Crippen LogP contribution >= 0.6 is 0 Å². The number of carbonyl (C=O) groups excluding carboxylic acids is 3. The van der Waals surface area contributed by atoms with Crippen LogP contribution < -0.4 is 0 Å². The normalized spacial score (nSPS) is 12.5. The smallest absolute Gasteiger partial charge is 0.306 e. The predicted molar refractivity (Wildman–Crippen MR) is 288 cm³/mol. The zero-order valence-electron chi connectivity index (χ0n) is 44.4. The summed E-state index contributed by atoms with van der Waals surface area (Å²) in [6.07, 6.45) is 69.5. The second-order valence-electron chi connectivity index (χ2n) is 19.2. The predicted octanol–water partition coefficient (Wildman–Crippen LogP) is 19.2. The maximum absolute atomic E-state index is 12.8. The van der Waals surface area contributed by atoms with Crippen molar-refractivity contribution < 1.29 is 28.6 Å². The van der Waals surface area contributed by atoms with Crippen LogP contribution in [-0.4, -0.2) is 37.2 Å². The lowest BCUT2D eigenvalue weighted by molar-refractivity contribution is -0.166. The highest BCUT2D eigenvalue weighted by Crippen LogP contribution is 2.17. The van der Waals surface area contributed by atoms with Crippen molar-refractivity contribution in [2.45, 2.75) is 297 Å². The van der Waals surface area contributed by atoms with Gasteiger partial charge in [0.25, 0.3) is 0 Å². The van der Waals surface area contributed by atoms with Gasteiger partial charge in [0.1, 0.15) is 13.2 Å². The Labute approximate surface area is 415 Å². The van der Waals surface area contributed by atoms with Crippen LogP contribution in [0.4, 0.5) is 0 Å². The van der Waals surface area contributed by atoms with Gasteiger partial charge in [0.05, 0.1) is 0 Å². The van der Waals surface area contributed by atoms with Gasteiger partial charge in [0, 0.05) is 19.3 Å². The van der Waals surface area contributed by atoms with E-state index in [2.05, 4.69) is 75.5 Å². The molecule has 0 N–H and O–H groups in total. The van der Waals surface area contributed by atoms with E-state index in [4.69, 9.17) is 14.2 Å². The highest BCUT2D eigenvalue weighted by molar-refractivity contribution is 5.71. The van der Waals surface area contributed by atoms with E-state index in [-0.39, 0.29) is 37.5 Å². The molecule has 6 nitrogen and oxygen atoms in total. The van der Waals surface area contributed by atoms with Crippen LogP contribution in [0.1, 0.15) is 290 Å². The summed E-state index contributed by atoms with van der Waals surface area (Å²) < 4.78 is 16.8. The topological polar surface area (TPSA) is 78.9 Å². The second kappa shape index (κ2) is 55.7. The van der Waals surface area contributed by atoms with E-state index in [0.717, 1.165) is 77.0 Å². The molecule has 0 radical (unpaired) electrons. The van der Waals surface area contributed by atoms with Gasteiger partial charge >= 0.3 is 17.9 Å². The molecule has 67 heavy (non-hydrogen) atoms. The van der Waals surface area contributed by atoms with Gasteiger partial charge in [-0.1, -0.05) is 261 Å². The van der Waals surface area contributed by atoms with Gasteiger partial charge in [-0.15, -0.1) is 0 Å². The van der Waals surface area contributed by atoms with Crippen LogP contribution in [0.3, 0.4) is 0 Å². The number of ether oxygens (including phenoxy) is 3. The van der Waals surface area contributed by atoms with Crippen LogP contribution in [0.15, 0.2) is 60.8 Å². The lowest BCUT2D eigenvalue weighted by Gasteiger charge is -2.18. The first kappa shape index (κ1) is 64.1. The summed E-state index contributed by atoms with van der Waals surface area (Å²) in [4.78, 5) is 38.0. The quantitative estimate of drug-likeness (QED) is 0.0262. The van der Waals surface area contributed by atoms with Crippen molar-refractivity contribution in [2.75, 3.05) is 13.2 Å². The Morgan fingerprint density at radius 1 is 0.313 bits per heavy atom. The van der Waals surface area contributed by atoms with Crippen LogP contribution in [0.25, 0.3) is 0 Å². The molecule has 0 fully saturated rings. The maximum atomic E-state index is 12.8. The van der Waals surface area contributed by atoms with E-state index in [9.17, 15) is 14.4 Å². The molecular weight excluding hydrogens is 829 g/mol. The molecule has 388 valence electrons. The Bertz CT molecular complexity index is 1210. The molecule has 1 unspecified atom stereocenters. The molecule has 0 saturated heterocycles. The summed E-state index contributed by atoms with van der Waals surface area (Å²) in [6, 6.07) is 0. The van der Waals surface area contributed by atoms with Crippen molar-refractivity contribution in [3.8, 4) is 0 Å². The molecule has 0 aliphatic heterocycles. The van der Waals surface area contributed by atoms with Crippen molar-refractivity contribution in [3.05, 3.63) is 60.8 Å². The fourth-order valence-corrected chi connectivity index (χ4v) is 8.22. The fraction of sp³-hybridized carbons (Fsp3) is 0.787. The van der Waals surface area contributed by atoms with E-state index in [1.54, 1.807) is 0 Å². The zero-order valence-corrected chi connectivity index (χ0v) is 44.4.